The molecule has 0 radical (unpaired) electrons. The van der Waals surface area contributed by atoms with Gasteiger partial charge in [0, 0.05) is 44.1 Å². The number of fused-ring (bicyclic) bond motifs is 2. The predicted octanol–water partition coefficient (Wildman–Crippen LogP) is 3.72. The second kappa shape index (κ2) is 8.89. The maximum atomic E-state index is 5.98. The van der Waals surface area contributed by atoms with E-state index in [1.54, 1.807) is 0 Å². The smallest absolute Gasteiger partial charge is 0.0726 e. The molecule has 2 aliphatic heterocycles. The Hall–Kier alpha value is -1.95. The molecule has 1 saturated heterocycles. The average molecular weight is 421 g/mol. The molecule has 2 aromatic rings. The Morgan fingerprint density at radius 2 is 1.94 bits per heavy atom. The number of nitrogens with one attached hydrogen (secondary N) is 1. The molecule has 166 valence electrons. The highest BCUT2D eigenvalue weighted by Crippen LogP contribution is 2.34. The third-order valence-corrected chi connectivity index (χ3v) is 7.25. The van der Waals surface area contributed by atoms with Crippen LogP contribution in [-0.2, 0) is 24.1 Å². The standard InChI is InChI=1S/C26H36N4O/c1-18-15-30(16-19(2)31-18)24-10-5-8-21-14-28-22(13-23(21)24)17-29(3)25-11-4-7-20-9-6-12-27-26(20)25/h5-6,8-10,12,18-19,22,25,28H,4,7,11,13-17H2,1-3H3/t18-,19+,22-,25-/m0/s1. The van der Waals surface area contributed by atoms with Gasteiger partial charge in [0.15, 0.2) is 0 Å². The number of nitrogens with zero attached hydrogens (tertiary/aromatic N) is 3. The molecule has 0 unspecified atom stereocenters. The molecule has 5 heteroatoms. The molecule has 3 heterocycles. The molecular formula is C26H36N4O. The highest BCUT2D eigenvalue weighted by atomic mass is 16.5. The highest BCUT2D eigenvalue weighted by Gasteiger charge is 2.30. The normalized spacial score (nSPS) is 28.3. The fraction of sp³-hybridized carbons (Fsp3) is 0.577. The molecular weight excluding hydrogens is 384 g/mol. The maximum absolute atomic E-state index is 5.98. The summed E-state index contributed by atoms with van der Waals surface area (Å²) in [5.41, 5.74) is 7.13. The minimum absolute atomic E-state index is 0.280. The van der Waals surface area contributed by atoms with Crippen molar-refractivity contribution in [1.29, 1.82) is 0 Å². The largest absolute Gasteiger partial charge is 0.372 e. The fourth-order valence-electron chi connectivity index (χ4n) is 5.88. The van der Waals surface area contributed by atoms with E-state index in [0.29, 0.717) is 12.1 Å². The van der Waals surface area contributed by atoms with Crippen LogP contribution in [-0.4, -0.2) is 54.8 Å². The van der Waals surface area contributed by atoms with Crippen LogP contribution < -0.4 is 10.2 Å². The SMILES string of the molecule is C[C@@H]1CN(c2cccc3c2C[C@@H](CN(C)[C@H]2CCCc4cccnc42)NC3)C[C@H](C)O1. The van der Waals surface area contributed by atoms with Gasteiger partial charge in [0.25, 0.3) is 0 Å². The lowest BCUT2D eigenvalue weighted by atomic mass is 9.89. The number of benzene rings is 1. The van der Waals surface area contributed by atoms with Crippen molar-refractivity contribution >= 4 is 5.69 Å². The van der Waals surface area contributed by atoms with Crippen LogP contribution in [0.2, 0.25) is 0 Å². The van der Waals surface area contributed by atoms with Crippen molar-refractivity contribution < 1.29 is 4.74 Å². The van der Waals surface area contributed by atoms with Crippen LogP contribution in [0.25, 0.3) is 0 Å². The molecule has 1 aromatic heterocycles. The second-order valence-electron chi connectivity index (χ2n) is 9.75. The molecule has 31 heavy (non-hydrogen) atoms. The van der Waals surface area contributed by atoms with Crippen LogP contribution in [0.4, 0.5) is 5.69 Å². The van der Waals surface area contributed by atoms with Crippen LogP contribution in [0, 0.1) is 0 Å². The molecule has 5 nitrogen and oxygen atoms in total. The van der Waals surface area contributed by atoms with Gasteiger partial charge in [-0.1, -0.05) is 18.2 Å². The molecule has 3 aliphatic rings. The first-order valence-corrected chi connectivity index (χ1v) is 12.0. The minimum Gasteiger partial charge on any atom is -0.372 e. The topological polar surface area (TPSA) is 40.6 Å². The van der Waals surface area contributed by atoms with Gasteiger partial charge in [-0.3, -0.25) is 9.88 Å². The number of pyridine rings is 1. The summed E-state index contributed by atoms with van der Waals surface area (Å²) in [7, 11) is 2.28. The first-order chi connectivity index (χ1) is 15.1. The summed E-state index contributed by atoms with van der Waals surface area (Å²) in [5.74, 6) is 0. The molecule has 1 aliphatic carbocycles. The number of aromatic nitrogens is 1. The van der Waals surface area contributed by atoms with Gasteiger partial charge >= 0.3 is 0 Å². The first kappa shape index (κ1) is 20.9. The van der Waals surface area contributed by atoms with E-state index in [-0.39, 0.29) is 12.2 Å². The molecule has 1 N–H and O–H groups in total. The second-order valence-corrected chi connectivity index (χ2v) is 9.75. The lowest BCUT2D eigenvalue weighted by Gasteiger charge is -2.40. The number of aryl methyl sites for hydroxylation is 1. The monoisotopic (exact) mass is 420 g/mol. The van der Waals surface area contributed by atoms with E-state index in [4.69, 9.17) is 9.72 Å². The fourth-order valence-corrected chi connectivity index (χ4v) is 5.88. The van der Waals surface area contributed by atoms with Crippen molar-refractivity contribution in [1.82, 2.24) is 15.2 Å². The number of likely N-dealkylation sites (N-methyl/N-ethyl adjacent to an activating group) is 1. The van der Waals surface area contributed by atoms with Crippen LogP contribution in [0.5, 0.6) is 0 Å². The molecule has 0 bridgehead atoms. The van der Waals surface area contributed by atoms with Crippen LogP contribution in [0.15, 0.2) is 36.5 Å². The number of hydrogen-bond acceptors (Lipinski definition) is 5. The molecule has 4 atom stereocenters. The summed E-state index contributed by atoms with van der Waals surface area (Å²) in [6.45, 7) is 8.33. The minimum atomic E-state index is 0.280. The predicted molar refractivity (Wildman–Crippen MR) is 126 cm³/mol. The summed E-state index contributed by atoms with van der Waals surface area (Å²) in [6.07, 6.45) is 7.23. The number of rotatable bonds is 4. The van der Waals surface area contributed by atoms with Gasteiger partial charge in [0.2, 0.25) is 0 Å². The van der Waals surface area contributed by atoms with E-state index in [9.17, 15) is 0 Å². The number of anilines is 1. The van der Waals surface area contributed by atoms with Gasteiger partial charge in [0.05, 0.1) is 23.9 Å². The van der Waals surface area contributed by atoms with Crippen molar-refractivity contribution in [3.8, 4) is 0 Å². The zero-order valence-corrected chi connectivity index (χ0v) is 19.2. The summed E-state index contributed by atoms with van der Waals surface area (Å²) in [5, 5.41) is 3.81. The van der Waals surface area contributed by atoms with Crippen LogP contribution in [0.3, 0.4) is 0 Å². The van der Waals surface area contributed by atoms with Crippen molar-refractivity contribution in [2.24, 2.45) is 0 Å². The van der Waals surface area contributed by atoms with Gasteiger partial charge in [-0.2, -0.15) is 0 Å². The zero-order valence-electron chi connectivity index (χ0n) is 19.2. The summed E-state index contributed by atoms with van der Waals surface area (Å²) in [6, 6.07) is 12.1. The van der Waals surface area contributed by atoms with E-state index < -0.39 is 0 Å². The third kappa shape index (κ3) is 4.36. The number of hydrogen-bond donors (Lipinski definition) is 1. The zero-order chi connectivity index (χ0) is 21.4. The van der Waals surface area contributed by atoms with E-state index in [1.165, 1.54) is 47.3 Å². The van der Waals surface area contributed by atoms with E-state index >= 15 is 0 Å². The van der Waals surface area contributed by atoms with Crippen molar-refractivity contribution in [2.45, 2.75) is 70.4 Å². The summed E-state index contributed by atoms with van der Waals surface area (Å²) >= 11 is 0. The lowest BCUT2D eigenvalue weighted by Crippen LogP contribution is -2.48. The molecule has 0 saturated carbocycles. The Kier molecular flexibility index (Phi) is 6.00. The molecule has 0 amide bonds. The Labute approximate surface area is 186 Å². The average Bonchev–Trinajstić information content (AvgIpc) is 2.77. The molecule has 1 aromatic carbocycles. The van der Waals surface area contributed by atoms with Gasteiger partial charge in [-0.05, 0) is 75.4 Å². The van der Waals surface area contributed by atoms with E-state index in [1.807, 2.05) is 6.20 Å². The Bertz CT molecular complexity index is 906. The van der Waals surface area contributed by atoms with Crippen molar-refractivity contribution in [3.63, 3.8) is 0 Å². The number of ether oxygens (including phenoxy) is 1. The van der Waals surface area contributed by atoms with E-state index in [0.717, 1.165) is 32.6 Å². The van der Waals surface area contributed by atoms with E-state index in [2.05, 4.69) is 66.3 Å². The maximum Gasteiger partial charge on any atom is 0.0726 e. The van der Waals surface area contributed by atoms with Crippen molar-refractivity contribution in [3.05, 3.63) is 58.9 Å². The van der Waals surface area contributed by atoms with Crippen LogP contribution >= 0.6 is 0 Å². The van der Waals surface area contributed by atoms with Gasteiger partial charge in [0.1, 0.15) is 0 Å². The Morgan fingerprint density at radius 1 is 1.13 bits per heavy atom. The molecule has 1 fully saturated rings. The summed E-state index contributed by atoms with van der Waals surface area (Å²) in [4.78, 5) is 9.84. The van der Waals surface area contributed by atoms with Gasteiger partial charge in [-0.15, -0.1) is 0 Å². The highest BCUT2D eigenvalue weighted by molar-refractivity contribution is 5.58. The van der Waals surface area contributed by atoms with Crippen molar-refractivity contribution in [2.75, 3.05) is 31.6 Å². The number of morpholine rings is 1. The molecule has 5 rings (SSSR count). The van der Waals surface area contributed by atoms with Gasteiger partial charge < -0.3 is 15.0 Å². The summed E-state index contributed by atoms with van der Waals surface area (Å²) < 4.78 is 5.98. The Balaban J connectivity index is 1.32. The van der Waals surface area contributed by atoms with Crippen LogP contribution in [0.1, 0.15) is 55.1 Å². The Morgan fingerprint density at radius 3 is 2.77 bits per heavy atom. The molecule has 0 spiro atoms. The first-order valence-electron chi connectivity index (χ1n) is 12.0. The lowest BCUT2D eigenvalue weighted by molar-refractivity contribution is -0.00528. The quantitative estimate of drug-likeness (QED) is 0.816. The van der Waals surface area contributed by atoms with Gasteiger partial charge in [-0.25, -0.2) is 0 Å². The third-order valence-electron chi connectivity index (χ3n) is 7.25.